The van der Waals surface area contributed by atoms with Gasteiger partial charge in [-0.2, -0.15) is 9.49 Å². The average Bonchev–Trinajstić information content (AvgIpc) is 2.94. The van der Waals surface area contributed by atoms with Gasteiger partial charge in [0.1, 0.15) is 0 Å². The zero-order valence-electron chi connectivity index (χ0n) is 11.3. The number of benzene rings is 2. The molecule has 0 aliphatic heterocycles. The second-order valence-electron chi connectivity index (χ2n) is 4.67. The third-order valence-electron chi connectivity index (χ3n) is 3.18. The lowest BCUT2D eigenvalue weighted by Crippen LogP contribution is -2.13. The Bertz CT molecular complexity index is 941. The van der Waals surface area contributed by atoms with Gasteiger partial charge in [-0.3, -0.25) is 20.0 Å². The lowest BCUT2D eigenvalue weighted by molar-refractivity contribution is -0.387. The summed E-state index contributed by atoms with van der Waals surface area (Å²) >= 11 is 5.81. The second kappa shape index (κ2) is 5.65. The van der Waals surface area contributed by atoms with E-state index >= 15 is 0 Å². The fraction of sp³-hybridized carbons (Fsp3) is 0. The van der Waals surface area contributed by atoms with E-state index in [0.29, 0.717) is 5.69 Å². The van der Waals surface area contributed by atoms with Crippen molar-refractivity contribution in [1.82, 2.24) is 10.2 Å². The largest absolute Gasteiger partial charge is 0.322 e. The van der Waals surface area contributed by atoms with Crippen LogP contribution >= 0.6 is 11.6 Å². The Morgan fingerprint density at radius 1 is 1.35 bits per heavy atom. The van der Waals surface area contributed by atoms with Gasteiger partial charge in [-0.25, -0.2) is 0 Å². The summed E-state index contributed by atoms with van der Waals surface area (Å²) in [5.41, 5.74) is 0.238. The van der Waals surface area contributed by atoms with Crippen molar-refractivity contribution in [3.8, 4) is 0 Å². The lowest BCUT2D eigenvalue weighted by Gasteiger charge is -2.07. The van der Waals surface area contributed by atoms with Crippen molar-refractivity contribution in [1.29, 1.82) is 0 Å². The highest BCUT2D eigenvalue weighted by Crippen LogP contribution is 2.27. The number of nitro benzene ring substituents is 1. The van der Waals surface area contributed by atoms with Crippen molar-refractivity contribution in [3.05, 3.63) is 63.0 Å². The van der Waals surface area contributed by atoms with Crippen LogP contribution in [-0.4, -0.2) is 21.0 Å². The van der Waals surface area contributed by atoms with Crippen LogP contribution in [0.3, 0.4) is 0 Å². The van der Waals surface area contributed by atoms with Gasteiger partial charge in [0.2, 0.25) is 5.82 Å². The first kappa shape index (κ1) is 14.9. The van der Waals surface area contributed by atoms with Crippen LogP contribution in [0.2, 0.25) is 5.02 Å². The highest BCUT2D eigenvalue weighted by Gasteiger charge is 2.21. The number of aromatic amines is 1. The minimum Gasteiger partial charge on any atom is -0.322 e. The summed E-state index contributed by atoms with van der Waals surface area (Å²) in [4.78, 5) is 22.1. The summed E-state index contributed by atoms with van der Waals surface area (Å²) in [7, 11) is 0. The number of carbonyl (C=O) groups is 1. The van der Waals surface area contributed by atoms with Crippen molar-refractivity contribution in [2.45, 2.75) is 0 Å². The average molecular weight is 335 g/mol. The zero-order valence-corrected chi connectivity index (χ0v) is 12.1. The van der Waals surface area contributed by atoms with Crippen LogP contribution in [0, 0.1) is 15.9 Å². The van der Waals surface area contributed by atoms with Crippen molar-refractivity contribution < 1.29 is 14.1 Å². The molecule has 0 radical (unpaired) electrons. The Kier molecular flexibility index (Phi) is 3.67. The maximum absolute atomic E-state index is 13.4. The van der Waals surface area contributed by atoms with E-state index in [4.69, 9.17) is 11.6 Å². The summed E-state index contributed by atoms with van der Waals surface area (Å²) in [5, 5.41) is 20.5. The minimum atomic E-state index is -1.10. The van der Waals surface area contributed by atoms with Crippen molar-refractivity contribution in [2.24, 2.45) is 0 Å². The molecule has 1 aromatic heterocycles. The van der Waals surface area contributed by atoms with Gasteiger partial charge in [-0.15, -0.1) is 0 Å². The number of aromatic nitrogens is 2. The number of halogens is 2. The first-order valence-electron chi connectivity index (χ1n) is 6.33. The maximum Gasteiger partial charge on any atom is 0.305 e. The van der Waals surface area contributed by atoms with Crippen LogP contribution in [0.4, 0.5) is 15.8 Å². The summed E-state index contributed by atoms with van der Waals surface area (Å²) in [6.07, 6.45) is 1.58. The number of amides is 1. The predicted octanol–water partition coefficient (Wildman–Crippen LogP) is 3.52. The molecule has 1 heterocycles. The number of rotatable bonds is 3. The Labute approximate surface area is 133 Å². The van der Waals surface area contributed by atoms with Crippen LogP contribution in [0.25, 0.3) is 10.9 Å². The van der Waals surface area contributed by atoms with E-state index in [1.807, 2.05) is 0 Å². The molecule has 9 heteroatoms. The fourth-order valence-corrected chi connectivity index (χ4v) is 2.31. The van der Waals surface area contributed by atoms with Gasteiger partial charge in [0.15, 0.2) is 0 Å². The van der Waals surface area contributed by atoms with Gasteiger partial charge >= 0.3 is 5.69 Å². The van der Waals surface area contributed by atoms with Crippen LogP contribution in [0.5, 0.6) is 0 Å². The lowest BCUT2D eigenvalue weighted by atomic mass is 10.1. The highest BCUT2D eigenvalue weighted by molar-refractivity contribution is 6.34. The van der Waals surface area contributed by atoms with Crippen molar-refractivity contribution in [2.75, 3.05) is 5.32 Å². The number of nitrogens with zero attached hydrogens (tertiary/aromatic N) is 2. The normalized spacial score (nSPS) is 10.7. The van der Waals surface area contributed by atoms with Crippen molar-refractivity contribution >= 4 is 39.8 Å². The molecule has 2 N–H and O–H groups in total. The van der Waals surface area contributed by atoms with E-state index in [1.54, 1.807) is 24.4 Å². The molecule has 0 saturated heterocycles. The smallest absolute Gasteiger partial charge is 0.305 e. The van der Waals surface area contributed by atoms with Crippen LogP contribution < -0.4 is 5.32 Å². The molecule has 0 atom stereocenters. The Morgan fingerprint density at radius 3 is 2.87 bits per heavy atom. The van der Waals surface area contributed by atoms with E-state index in [2.05, 4.69) is 15.5 Å². The van der Waals surface area contributed by atoms with Gasteiger partial charge in [-0.05, 0) is 18.2 Å². The molecule has 1 amide bonds. The van der Waals surface area contributed by atoms with E-state index < -0.39 is 22.3 Å². The number of H-pyrrole nitrogens is 1. The first-order valence-corrected chi connectivity index (χ1v) is 6.71. The topological polar surface area (TPSA) is 101 Å². The molecular weight excluding hydrogens is 327 g/mol. The molecular formula is C14H8ClFN4O3. The summed E-state index contributed by atoms with van der Waals surface area (Å²) < 4.78 is 13.4. The number of nitro groups is 1. The number of nitrogens with one attached hydrogen (secondary N) is 2. The molecule has 7 nitrogen and oxygen atoms in total. The number of hydrogen-bond donors (Lipinski definition) is 2. The molecule has 0 spiro atoms. The number of fused-ring (bicyclic) bond motifs is 1. The Hall–Kier alpha value is -3.00. The standard InChI is InChI=1S/C14H8ClFN4O3/c15-10-5-11(16)13(20(22)23)4-9(10)14(21)18-8-1-2-12-7(3-8)6-17-19-12/h1-6H,(H,17,19)(H,18,21). The van der Waals surface area contributed by atoms with Crippen molar-refractivity contribution in [3.63, 3.8) is 0 Å². The quantitative estimate of drug-likeness (QED) is 0.565. The van der Waals surface area contributed by atoms with Crippen LogP contribution in [0.15, 0.2) is 36.5 Å². The number of hydrogen-bond acceptors (Lipinski definition) is 4. The Balaban J connectivity index is 1.93. The fourth-order valence-electron chi connectivity index (χ4n) is 2.07. The minimum absolute atomic E-state index is 0.188. The molecule has 116 valence electrons. The van der Waals surface area contributed by atoms with E-state index in [9.17, 15) is 19.3 Å². The molecule has 0 aliphatic rings. The van der Waals surface area contributed by atoms with Gasteiger partial charge in [-0.1, -0.05) is 11.6 Å². The maximum atomic E-state index is 13.4. The molecule has 3 aromatic rings. The zero-order chi connectivity index (χ0) is 16.6. The van der Waals surface area contributed by atoms with E-state index in [-0.39, 0.29) is 10.6 Å². The monoisotopic (exact) mass is 334 g/mol. The Morgan fingerprint density at radius 2 is 2.13 bits per heavy atom. The van der Waals surface area contributed by atoms with Gasteiger partial charge in [0.05, 0.1) is 27.2 Å². The van der Waals surface area contributed by atoms with Gasteiger partial charge in [0, 0.05) is 23.2 Å². The summed E-state index contributed by atoms with van der Waals surface area (Å²) in [5.74, 6) is -1.78. The third-order valence-corrected chi connectivity index (χ3v) is 3.49. The first-order chi connectivity index (χ1) is 11.0. The molecule has 0 unspecified atom stereocenters. The van der Waals surface area contributed by atoms with Gasteiger partial charge in [0.25, 0.3) is 5.91 Å². The molecule has 0 aliphatic carbocycles. The molecule has 0 saturated carbocycles. The molecule has 2 aromatic carbocycles. The molecule has 3 rings (SSSR count). The summed E-state index contributed by atoms with van der Waals surface area (Å²) in [6, 6.07) is 6.57. The van der Waals surface area contributed by atoms with E-state index in [1.165, 1.54) is 0 Å². The SMILES string of the molecule is O=C(Nc1ccc2[nH]ncc2c1)c1cc([N+](=O)[O-])c(F)cc1Cl. The summed E-state index contributed by atoms with van der Waals surface area (Å²) in [6.45, 7) is 0. The molecule has 0 fully saturated rings. The van der Waals surface area contributed by atoms with Gasteiger partial charge < -0.3 is 5.32 Å². The third kappa shape index (κ3) is 2.84. The van der Waals surface area contributed by atoms with Crippen LogP contribution in [-0.2, 0) is 0 Å². The number of anilines is 1. The molecule has 0 bridgehead atoms. The second-order valence-corrected chi connectivity index (χ2v) is 5.07. The number of carbonyl (C=O) groups excluding carboxylic acids is 1. The van der Waals surface area contributed by atoms with Crippen LogP contribution in [0.1, 0.15) is 10.4 Å². The predicted molar refractivity (Wildman–Crippen MR) is 82.1 cm³/mol. The molecule has 23 heavy (non-hydrogen) atoms. The highest BCUT2D eigenvalue weighted by atomic mass is 35.5. The van der Waals surface area contributed by atoms with E-state index in [0.717, 1.165) is 23.0 Å².